The maximum atomic E-state index is 12.4. The monoisotopic (exact) mass is 346 g/mol. The molecule has 3 rings (SSSR count). The van der Waals surface area contributed by atoms with Crippen molar-refractivity contribution in [1.29, 1.82) is 0 Å². The Hall–Kier alpha value is -2.71. The van der Waals surface area contributed by atoms with Crippen LogP contribution in [0.5, 0.6) is 0 Å². The molecule has 1 aromatic rings. The van der Waals surface area contributed by atoms with Gasteiger partial charge < -0.3 is 15.5 Å². The van der Waals surface area contributed by atoms with E-state index in [0.717, 1.165) is 17.7 Å². The molecule has 0 radical (unpaired) electrons. The minimum Gasteiger partial charge on any atom is -0.366 e. The molecule has 0 saturated carbocycles. The van der Waals surface area contributed by atoms with E-state index in [1.54, 1.807) is 24.9 Å². The molecule has 3 heterocycles. The first-order chi connectivity index (χ1) is 11.9. The molecule has 0 aromatic carbocycles. The minimum absolute atomic E-state index is 0.209. The fourth-order valence-corrected chi connectivity index (χ4v) is 3.06. The maximum Gasteiger partial charge on any atom is 0.325 e. The van der Waals surface area contributed by atoms with Crippen LogP contribution in [0, 0.1) is 0 Å². The Balaban J connectivity index is 1.50. The fourth-order valence-electron chi connectivity index (χ4n) is 3.06. The van der Waals surface area contributed by atoms with Gasteiger partial charge in [-0.05, 0) is 38.8 Å². The zero-order valence-electron chi connectivity index (χ0n) is 14.4. The fraction of sp³-hybridized carbons (Fsp3) is 0.562. The number of nitrogens with one attached hydrogen (secondary N) is 2. The van der Waals surface area contributed by atoms with E-state index in [-0.39, 0.29) is 24.4 Å². The summed E-state index contributed by atoms with van der Waals surface area (Å²) >= 11 is 0. The van der Waals surface area contributed by atoms with Gasteiger partial charge in [0.1, 0.15) is 17.9 Å². The second kappa shape index (κ2) is 6.66. The normalized spacial score (nSPS) is 20.6. The number of urea groups is 1. The van der Waals surface area contributed by atoms with Crippen LogP contribution in [0.3, 0.4) is 0 Å². The summed E-state index contributed by atoms with van der Waals surface area (Å²) in [5, 5.41) is 13.7. The van der Waals surface area contributed by atoms with Crippen molar-refractivity contribution >= 4 is 23.7 Å². The van der Waals surface area contributed by atoms with Crippen molar-refractivity contribution in [2.75, 3.05) is 25.0 Å². The molecule has 0 spiro atoms. The number of nitrogens with zero attached hydrogens (tertiary/aromatic N) is 4. The van der Waals surface area contributed by atoms with Crippen LogP contribution in [0.25, 0.3) is 0 Å². The van der Waals surface area contributed by atoms with Crippen LogP contribution in [-0.4, -0.2) is 69.1 Å². The first-order valence-electron chi connectivity index (χ1n) is 8.33. The largest absolute Gasteiger partial charge is 0.366 e. The summed E-state index contributed by atoms with van der Waals surface area (Å²) in [5.74, 6) is 0.137. The second-order valence-corrected chi connectivity index (χ2v) is 6.85. The van der Waals surface area contributed by atoms with Crippen LogP contribution in [0.4, 0.5) is 10.6 Å². The van der Waals surface area contributed by atoms with Crippen LogP contribution >= 0.6 is 0 Å². The summed E-state index contributed by atoms with van der Waals surface area (Å²) in [6.07, 6.45) is 3.16. The van der Waals surface area contributed by atoms with Crippen LogP contribution in [-0.2, 0) is 9.59 Å². The van der Waals surface area contributed by atoms with Gasteiger partial charge in [-0.15, -0.1) is 5.10 Å². The third-order valence-electron chi connectivity index (χ3n) is 4.51. The third-order valence-corrected chi connectivity index (χ3v) is 4.51. The Labute approximate surface area is 145 Å². The molecule has 25 heavy (non-hydrogen) atoms. The lowest BCUT2D eigenvalue weighted by Crippen LogP contribution is -2.48. The highest BCUT2D eigenvalue weighted by Crippen LogP contribution is 2.18. The zero-order valence-corrected chi connectivity index (χ0v) is 14.4. The summed E-state index contributed by atoms with van der Waals surface area (Å²) in [7, 11) is 0. The predicted molar refractivity (Wildman–Crippen MR) is 89.6 cm³/mol. The van der Waals surface area contributed by atoms with Crippen molar-refractivity contribution in [3.05, 3.63) is 18.3 Å². The number of likely N-dealkylation sites (tertiary alicyclic amines) is 1. The standard InChI is InChI=1S/C16H22N6O3/c1-16(2)14(24)22(15(25)19-16)10-13(23)21-8-5-11(6-9-21)18-12-4-3-7-17-20-12/h3-4,7,11H,5-6,8-10H2,1-2H3,(H,18,20)(H,19,25). The molecule has 1 aromatic heterocycles. The lowest BCUT2D eigenvalue weighted by atomic mass is 10.0. The highest BCUT2D eigenvalue weighted by atomic mass is 16.2. The van der Waals surface area contributed by atoms with Gasteiger partial charge in [-0.1, -0.05) is 0 Å². The van der Waals surface area contributed by atoms with Crippen molar-refractivity contribution in [2.24, 2.45) is 0 Å². The van der Waals surface area contributed by atoms with Gasteiger partial charge in [0.2, 0.25) is 5.91 Å². The molecule has 9 nitrogen and oxygen atoms in total. The predicted octanol–water partition coefficient (Wildman–Crippen LogP) is 0.210. The molecule has 2 saturated heterocycles. The number of rotatable bonds is 4. The molecule has 0 bridgehead atoms. The molecule has 2 fully saturated rings. The average molecular weight is 346 g/mol. The summed E-state index contributed by atoms with van der Waals surface area (Å²) in [5.41, 5.74) is -0.953. The number of carbonyl (C=O) groups is 3. The molecular weight excluding hydrogens is 324 g/mol. The van der Waals surface area contributed by atoms with E-state index in [1.165, 1.54) is 0 Å². The smallest absolute Gasteiger partial charge is 0.325 e. The summed E-state index contributed by atoms with van der Waals surface area (Å²) < 4.78 is 0. The number of hydrogen-bond acceptors (Lipinski definition) is 6. The summed E-state index contributed by atoms with van der Waals surface area (Å²) in [6.45, 7) is 4.19. The number of imide groups is 1. The van der Waals surface area contributed by atoms with Gasteiger partial charge in [0.25, 0.3) is 5.91 Å². The summed E-state index contributed by atoms with van der Waals surface area (Å²) in [4.78, 5) is 39.2. The van der Waals surface area contributed by atoms with Crippen LogP contribution in [0.1, 0.15) is 26.7 Å². The molecule has 4 amide bonds. The van der Waals surface area contributed by atoms with Gasteiger partial charge in [0, 0.05) is 25.3 Å². The Morgan fingerprint density at radius 3 is 2.64 bits per heavy atom. The van der Waals surface area contributed by atoms with Crippen molar-refractivity contribution in [2.45, 2.75) is 38.3 Å². The molecule has 0 atom stereocenters. The van der Waals surface area contributed by atoms with Gasteiger partial charge in [-0.3, -0.25) is 14.5 Å². The van der Waals surface area contributed by atoms with Crippen LogP contribution in [0.2, 0.25) is 0 Å². The van der Waals surface area contributed by atoms with Gasteiger partial charge in [-0.25, -0.2) is 4.79 Å². The van der Waals surface area contributed by atoms with E-state index >= 15 is 0 Å². The van der Waals surface area contributed by atoms with Crippen LogP contribution in [0.15, 0.2) is 18.3 Å². The number of carbonyl (C=O) groups excluding carboxylic acids is 3. The number of hydrogen-bond donors (Lipinski definition) is 2. The average Bonchev–Trinajstić information content (AvgIpc) is 2.78. The Bertz CT molecular complexity index is 670. The Morgan fingerprint density at radius 2 is 2.08 bits per heavy atom. The summed E-state index contributed by atoms with van der Waals surface area (Å²) in [6, 6.07) is 3.37. The molecule has 134 valence electrons. The zero-order chi connectivity index (χ0) is 18.0. The first-order valence-corrected chi connectivity index (χ1v) is 8.33. The second-order valence-electron chi connectivity index (χ2n) is 6.85. The third kappa shape index (κ3) is 3.70. The van der Waals surface area contributed by atoms with E-state index in [0.29, 0.717) is 18.9 Å². The SMILES string of the molecule is CC1(C)NC(=O)N(CC(=O)N2CCC(Nc3cccnn3)CC2)C1=O. The van der Waals surface area contributed by atoms with E-state index < -0.39 is 11.6 Å². The lowest BCUT2D eigenvalue weighted by molar-refractivity contribution is -0.139. The van der Waals surface area contributed by atoms with Crippen molar-refractivity contribution in [1.82, 2.24) is 25.3 Å². The van der Waals surface area contributed by atoms with Gasteiger partial charge in [-0.2, -0.15) is 5.10 Å². The lowest BCUT2D eigenvalue weighted by Gasteiger charge is -2.33. The molecule has 0 aliphatic carbocycles. The molecule has 2 N–H and O–H groups in total. The minimum atomic E-state index is -0.953. The van der Waals surface area contributed by atoms with E-state index in [4.69, 9.17) is 0 Å². The Kier molecular flexibility index (Phi) is 4.56. The van der Waals surface area contributed by atoms with Crippen molar-refractivity contribution in [3.63, 3.8) is 0 Å². The number of aromatic nitrogens is 2. The Morgan fingerprint density at radius 1 is 1.36 bits per heavy atom. The number of piperidine rings is 1. The van der Waals surface area contributed by atoms with Gasteiger partial charge in [0.05, 0.1) is 0 Å². The van der Waals surface area contributed by atoms with E-state index in [1.807, 2.05) is 12.1 Å². The topological polar surface area (TPSA) is 108 Å². The highest BCUT2D eigenvalue weighted by Gasteiger charge is 2.45. The molecule has 9 heteroatoms. The number of anilines is 1. The maximum absolute atomic E-state index is 12.4. The first kappa shape index (κ1) is 17.1. The quantitative estimate of drug-likeness (QED) is 0.755. The van der Waals surface area contributed by atoms with Crippen LogP contribution < -0.4 is 10.6 Å². The van der Waals surface area contributed by atoms with Gasteiger partial charge >= 0.3 is 6.03 Å². The van der Waals surface area contributed by atoms with E-state index in [9.17, 15) is 14.4 Å². The molecular formula is C16H22N6O3. The molecule has 2 aliphatic rings. The van der Waals surface area contributed by atoms with Gasteiger partial charge in [0.15, 0.2) is 0 Å². The van der Waals surface area contributed by atoms with E-state index in [2.05, 4.69) is 20.8 Å². The molecule has 2 aliphatic heterocycles. The van der Waals surface area contributed by atoms with Crippen molar-refractivity contribution < 1.29 is 14.4 Å². The molecule has 0 unspecified atom stereocenters. The highest BCUT2D eigenvalue weighted by molar-refractivity contribution is 6.08. The van der Waals surface area contributed by atoms with Crippen molar-refractivity contribution in [3.8, 4) is 0 Å². The number of amides is 4.